The smallest absolute Gasteiger partial charge is 0.285 e. The van der Waals surface area contributed by atoms with Gasteiger partial charge in [-0.2, -0.15) is 23.4 Å². The van der Waals surface area contributed by atoms with Gasteiger partial charge >= 0.3 is 0 Å². The zero-order chi connectivity index (χ0) is 20.3. The number of nitrogens with one attached hydrogen (secondary N) is 2. The predicted molar refractivity (Wildman–Crippen MR) is 111 cm³/mol. The van der Waals surface area contributed by atoms with Gasteiger partial charge in [0.1, 0.15) is 4.90 Å². The van der Waals surface area contributed by atoms with Crippen LogP contribution in [0.4, 0.5) is 11.9 Å². The van der Waals surface area contributed by atoms with Crippen LogP contribution < -0.4 is 14.9 Å². The summed E-state index contributed by atoms with van der Waals surface area (Å²) in [5, 5.41) is 3.61. The van der Waals surface area contributed by atoms with Gasteiger partial charge in [-0.25, -0.2) is 0 Å². The van der Waals surface area contributed by atoms with Crippen molar-refractivity contribution in [3.8, 4) is 0 Å². The van der Waals surface area contributed by atoms with E-state index in [1.807, 2.05) is 32.6 Å². The SMILES string of the molecule is CCN(CC)c1nc(NC(C)C)nc(SNC2=NS(=O)(=O)c3ccccc32)n1. The molecule has 0 fully saturated rings. The highest BCUT2D eigenvalue weighted by Crippen LogP contribution is 2.26. The number of sulfonamides is 1. The van der Waals surface area contributed by atoms with E-state index in [2.05, 4.69) is 29.4 Å². The number of anilines is 2. The van der Waals surface area contributed by atoms with Gasteiger partial charge in [-0.15, -0.1) is 4.40 Å². The number of nitrogens with zero attached hydrogens (tertiary/aromatic N) is 5. The van der Waals surface area contributed by atoms with E-state index in [1.165, 1.54) is 0 Å². The van der Waals surface area contributed by atoms with Gasteiger partial charge in [0.15, 0.2) is 5.84 Å². The summed E-state index contributed by atoms with van der Waals surface area (Å²) in [6, 6.07) is 6.86. The molecule has 3 rings (SSSR count). The third kappa shape index (κ3) is 4.36. The molecule has 0 bridgehead atoms. The largest absolute Gasteiger partial charge is 0.352 e. The molecule has 9 nitrogen and oxygen atoms in total. The third-order valence-electron chi connectivity index (χ3n) is 3.94. The molecule has 0 spiro atoms. The number of hydrogen-bond acceptors (Lipinski definition) is 9. The van der Waals surface area contributed by atoms with Crippen molar-refractivity contribution in [3.05, 3.63) is 29.8 Å². The summed E-state index contributed by atoms with van der Waals surface area (Å²) in [7, 11) is -3.67. The average molecular weight is 422 g/mol. The molecule has 2 heterocycles. The second-order valence-corrected chi connectivity index (χ2v) is 8.67. The zero-order valence-electron chi connectivity index (χ0n) is 16.2. The van der Waals surface area contributed by atoms with E-state index in [0.717, 1.165) is 25.0 Å². The average Bonchev–Trinajstić information content (AvgIpc) is 2.91. The van der Waals surface area contributed by atoms with Crippen LogP contribution in [0.2, 0.25) is 0 Å². The molecular formula is C17H23N7O2S2. The highest BCUT2D eigenvalue weighted by Gasteiger charge is 2.28. The van der Waals surface area contributed by atoms with Crippen LogP contribution in [0.5, 0.6) is 0 Å². The molecule has 11 heteroatoms. The van der Waals surface area contributed by atoms with Gasteiger partial charge in [-0.1, -0.05) is 12.1 Å². The Balaban J connectivity index is 1.87. The maximum absolute atomic E-state index is 12.2. The quantitative estimate of drug-likeness (QED) is 0.650. The minimum atomic E-state index is -3.67. The molecule has 2 aromatic rings. The lowest BCUT2D eigenvalue weighted by molar-refractivity contribution is 0.599. The number of aromatic nitrogens is 3. The first-order chi connectivity index (χ1) is 13.3. The molecular weight excluding hydrogens is 398 g/mol. The second kappa shape index (κ2) is 8.31. The standard InChI is InChI=1S/C17H23N7O2S2/c1-5-24(6-2)16-19-15(18-11(3)4)20-17(21-16)27-22-14-12-9-7-8-10-13(12)28(25,26)23-14/h7-11H,5-6H2,1-4H3,(H,22,23)(H,18,19,20,21). The number of fused-ring (bicyclic) bond motifs is 1. The maximum Gasteiger partial charge on any atom is 0.285 e. The molecule has 28 heavy (non-hydrogen) atoms. The summed E-state index contributed by atoms with van der Waals surface area (Å²) >= 11 is 1.10. The van der Waals surface area contributed by atoms with E-state index in [4.69, 9.17) is 0 Å². The van der Waals surface area contributed by atoms with Gasteiger partial charge in [0.2, 0.25) is 17.1 Å². The normalized spacial score (nSPS) is 14.5. The lowest BCUT2D eigenvalue weighted by Crippen LogP contribution is -2.26. The van der Waals surface area contributed by atoms with Crippen LogP contribution in [-0.4, -0.2) is 48.3 Å². The Morgan fingerprint density at radius 1 is 1.11 bits per heavy atom. The van der Waals surface area contributed by atoms with Crippen LogP contribution in [0, 0.1) is 0 Å². The molecule has 0 unspecified atom stereocenters. The molecule has 150 valence electrons. The van der Waals surface area contributed by atoms with Gasteiger partial charge in [0.05, 0.1) is 0 Å². The molecule has 0 aliphatic carbocycles. The van der Waals surface area contributed by atoms with E-state index in [-0.39, 0.29) is 16.8 Å². The van der Waals surface area contributed by atoms with Crippen LogP contribution in [0.3, 0.4) is 0 Å². The van der Waals surface area contributed by atoms with E-state index < -0.39 is 10.0 Å². The summed E-state index contributed by atoms with van der Waals surface area (Å²) in [5.74, 6) is 1.30. The van der Waals surface area contributed by atoms with Gasteiger partial charge in [0.25, 0.3) is 10.0 Å². The van der Waals surface area contributed by atoms with Gasteiger partial charge in [-0.05, 0) is 39.8 Å². The van der Waals surface area contributed by atoms with Crippen molar-refractivity contribution in [1.29, 1.82) is 0 Å². The summed E-state index contributed by atoms with van der Waals surface area (Å²) in [5.41, 5.74) is 0.536. The second-order valence-electron chi connectivity index (χ2n) is 6.33. The topological polar surface area (TPSA) is 112 Å². The summed E-state index contributed by atoms with van der Waals surface area (Å²) < 4.78 is 31.2. The van der Waals surface area contributed by atoms with Crippen LogP contribution in [0.25, 0.3) is 0 Å². The van der Waals surface area contributed by atoms with E-state index in [1.54, 1.807) is 24.3 Å². The Kier molecular flexibility index (Phi) is 6.04. The van der Waals surface area contributed by atoms with Crippen molar-refractivity contribution >= 4 is 39.7 Å². The summed E-state index contributed by atoms with van der Waals surface area (Å²) in [6.07, 6.45) is 0. The molecule has 0 radical (unpaired) electrons. The molecule has 1 aromatic heterocycles. The molecule has 1 aliphatic heterocycles. The monoisotopic (exact) mass is 421 g/mol. The Bertz CT molecular complexity index is 989. The van der Waals surface area contributed by atoms with E-state index in [0.29, 0.717) is 22.6 Å². The summed E-state index contributed by atoms with van der Waals surface area (Å²) in [6.45, 7) is 9.59. The van der Waals surface area contributed by atoms with Gasteiger partial charge in [-0.3, -0.25) is 0 Å². The fourth-order valence-corrected chi connectivity index (χ4v) is 4.47. The fourth-order valence-electron chi connectivity index (χ4n) is 2.64. The molecule has 0 saturated heterocycles. The van der Waals surface area contributed by atoms with Crippen molar-refractivity contribution in [2.45, 2.75) is 43.8 Å². The fraction of sp³-hybridized carbons (Fsp3) is 0.412. The van der Waals surface area contributed by atoms with Crippen molar-refractivity contribution < 1.29 is 8.42 Å². The van der Waals surface area contributed by atoms with Crippen LogP contribution in [-0.2, 0) is 10.0 Å². The van der Waals surface area contributed by atoms with Crippen LogP contribution in [0.15, 0.2) is 38.7 Å². The Hall–Kier alpha value is -2.40. The van der Waals surface area contributed by atoms with Crippen LogP contribution >= 0.6 is 11.9 Å². The van der Waals surface area contributed by atoms with E-state index >= 15 is 0 Å². The molecule has 0 atom stereocenters. The number of benzene rings is 1. The van der Waals surface area contributed by atoms with Gasteiger partial charge in [0, 0.05) is 36.6 Å². The van der Waals surface area contributed by atoms with Crippen molar-refractivity contribution in [3.63, 3.8) is 0 Å². The molecule has 2 N–H and O–H groups in total. The predicted octanol–water partition coefficient (Wildman–Crippen LogP) is 2.28. The number of amidine groups is 1. The third-order valence-corrected chi connectivity index (χ3v) is 5.93. The first-order valence-corrected chi connectivity index (χ1v) is 11.2. The van der Waals surface area contributed by atoms with Crippen LogP contribution in [0.1, 0.15) is 33.3 Å². The number of rotatable bonds is 7. The first kappa shape index (κ1) is 20.3. The van der Waals surface area contributed by atoms with Gasteiger partial charge < -0.3 is 14.9 Å². The molecule has 0 amide bonds. The lowest BCUT2D eigenvalue weighted by Gasteiger charge is -2.20. The Morgan fingerprint density at radius 2 is 1.82 bits per heavy atom. The Morgan fingerprint density at radius 3 is 2.50 bits per heavy atom. The summed E-state index contributed by atoms with van der Waals surface area (Å²) in [4.78, 5) is 15.6. The molecule has 1 aliphatic rings. The minimum absolute atomic E-state index is 0.161. The first-order valence-electron chi connectivity index (χ1n) is 8.98. The highest BCUT2D eigenvalue weighted by atomic mass is 32.2. The molecule has 1 aromatic carbocycles. The highest BCUT2D eigenvalue weighted by molar-refractivity contribution is 7.98. The Labute approximate surface area is 169 Å². The number of hydrogen-bond donors (Lipinski definition) is 2. The molecule has 0 saturated carbocycles. The van der Waals surface area contributed by atoms with Crippen molar-refractivity contribution in [2.24, 2.45) is 4.40 Å². The maximum atomic E-state index is 12.2. The minimum Gasteiger partial charge on any atom is -0.352 e. The van der Waals surface area contributed by atoms with Crippen molar-refractivity contribution in [1.82, 2.24) is 19.7 Å². The van der Waals surface area contributed by atoms with Crippen molar-refractivity contribution in [2.75, 3.05) is 23.3 Å². The lowest BCUT2D eigenvalue weighted by atomic mass is 10.2. The van der Waals surface area contributed by atoms with E-state index in [9.17, 15) is 8.42 Å². The zero-order valence-corrected chi connectivity index (χ0v) is 17.8.